The monoisotopic (exact) mass is 419 g/mol. The van der Waals surface area contributed by atoms with Crippen LogP contribution in [0.3, 0.4) is 0 Å². The van der Waals surface area contributed by atoms with E-state index in [0.29, 0.717) is 31.1 Å². The number of benzene rings is 1. The molecule has 0 saturated carbocycles. The van der Waals surface area contributed by atoms with Gasteiger partial charge in [-0.3, -0.25) is 9.59 Å². The second kappa shape index (κ2) is 8.87. The fourth-order valence-electron chi connectivity index (χ4n) is 3.68. The number of morpholine rings is 1. The van der Waals surface area contributed by atoms with Crippen LogP contribution >= 0.6 is 11.3 Å². The largest absolute Gasteiger partial charge is 0.491 e. The summed E-state index contributed by atoms with van der Waals surface area (Å²) in [6.07, 6.45) is 1.22. The average Bonchev–Trinajstić information content (AvgIpc) is 3.29. The van der Waals surface area contributed by atoms with Gasteiger partial charge in [0, 0.05) is 24.5 Å². The van der Waals surface area contributed by atoms with Crippen LogP contribution in [0, 0.1) is 5.82 Å². The summed E-state index contributed by atoms with van der Waals surface area (Å²) in [6.45, 7) is 1.96. The Morgan fingerprint density at radius 2 is 2.03 bits per heavy atom. The number of hydrogen-bond acceptors (Lipinski definition) is 6. The Morgan fingerprint density at radius 1 is 1.28 bits per heavy atom. The number of likely N-dealkylation sites (tertiary alicyclic amines) is 1. The highest BCUT2D eigenvalue weighted by molar-refractivity contribution is 7.07. The van der Waals surface area contributed by atoms with Gasteiger partial charge in [0.15, 0.2) is 0 Å². The Bertz CT molecular complexity index is 838. The molecule has 0 aliphatic carbocycles. The number of hydrogen-bond donors (Lipinski definition) is 0. The molecule has 154 valence electrons. The normalized spacial score (nSPS) is 20.7. The number of ether oxygens (including phenoxy) is 2. The second-order valence-corrected chi connectivity index (χ2v) is 7.86. The molecule has 9 heteroatoms. The number of amides is 2. The predicted molar refractivity (Wildman–Crippen MR) is 104 cm³/mol. The van der Waals surface area contributed by atoms with E-state index < -0.39 is 0 Å². The lowest BCUT2D eigenvalue weighted by atomic mass is 10.0. The fourth-order valence-corrected chi connectivity index (χ4v) is 4.21. The number of halogens is 1. The number of thiazole rings is 1. The molecule has 2 fully saturated rings. The Kier molecular flexibility index (Phi) is 6.05. The minimum Gasteiger partial charge on any atom is -0.491 e. The first-order valence-electron chi connectivity index (χ1n) is 9.57. The molecule has 0 radical (unpaired) electrons. The first kappa shape index (κ1) is 19.8. The molecule has 1 aromatic carbocycles. The van der Waals surface area contributed by atoms with E-state index in [1.54, 1.807) is 27.9 Å². The van der Waals surface area contributed by atoms with Gasteiger partial charge in [0.25, 0.3) is 5.91 Å². The van der Waals surface area contributed by atoms with Gasteiger partial charge in [-0.1, -0.05) is 0 Å². The summed E-state index contributed by atoms with van der Waals surface area (Å²) in [7, 11) is 0. The van der Waals surface area contributed by atoms with Gasteiger partial charge in [0.2, 0.25) is 5.91 Å². The third kappa shape index (κ3) is 4.73. The van der Waals surface area contributed by atoms with Gasteiger partial charge in [-0.2, -0.15) is 0 Å². The van der Waals surface area contributed by atoms with E-state index in [2.05, 4.69) is 4.98 Å². The van der Waals surface area contributed by atoms with Crippen molar-refractivity contribution >= 4 is 23.2 Å². The van der Waals surface area contributed by atoms with E-state index in [0.717, 1.165) is 12.8 Å². The smallest absolute Gasteiger partial charge is 0.273 e. The van der Waals surface area contributed by atoms with Gasteiger partial charge in [-0.25, -0.2) is 9.37 Å². The summed E-state index contributed by atoms with van der Waals surface area (Å²) in [5.41, 5.74) is 2.13. The van der Waals surface area contributed by atoms with E-state index in [9.17, 15) is 14.0 Å². The third-order valence-electron chi connectivity index (χ3n) is 5.26. The SMILES string of the molecule is O=C(c1cscn1)N1CCC(N2CC(COc3ccc(F)cc3)OCC2=O)CC1. The van der Waals surface area contributed by atoms with Crippen LogP contribution in [0.2, 0.25) is 0 Å². The van der Waals surface area contributed by atoms with Crippen molar-refractivity contribution in [3.8, 4) is 5.75 Å². The van der Waals surface area contributed by atoms with Gasteiger partial charge in [0.1, 0.15) is 36.6 Å². The number of carbonyl (C=O) groups excluding carboxylic acids is 2. The molecule has 0 bridgehead atoms. The van der Waals surface area contributed by atoms with Crippen molar-refractivity contribution in [1.29, 1.82) is 0 Å². The van der Waals surface area contributed by atoms with E-state index >= 15 is 0 Å². The molecule has 29 heavy (non-hydrogen) atoms. The number of nitrogens with zero attached hydrogens (tertiary/aromatic N) is 3. The standard InChI is InChI=1S/C20H22FN3O4S/c21-14-1-3-16(4-2-14)27-10-17-9-24(19(25)11-28-17)15-5-7-23(8-6-15)20(26)18-12-29-13-22-18/h1-4,12-13,15,17H,5-11H2. The van der Waals surface area contributed by atoms with E-state index in [1.165, 1.54) is 23.5 Å². The average molecular weight is 419 g/mol. The maximum absolute atomic E-state index is 13.0. The first-order chi connectivity index (χ1) is 14.1. The topological polar surface area (TPSA) is 72.0 Å². The molecule has 2 saturated heterocycles. The number of piperidine rings is 1. The molecule has 1 aromatic heterocycles. The van der Waals surface area contributed by atoms with Crippen LogP contribution in [0.5, 0.6) is 5.75 Å². The number of carbonyl (C=O) groups is 2. The lowest BCUT2D eigenvalue weighted by molar-refractivity contribution is -0.155. The van der Waals surface area contributed by atoms with Gasteiger partial charge >= 0.3 is 0 Å². The Hall–Kier alpha value is -2.52. The number of rotatable bonds is 5. The quantitative estimate of drug-likeness (QED) is 0.743. The van der Waals surface area contributed by atoms with Crippen LogP contribution in [-0.2, 0) is 9.53 Å². The maximum atomic E-state index is 13.0. The van der Waals surface area contributed by atoms with E-state index in [4.69, 9.17) is 9.47 Å². The Balaban J connectivity index is 1.29. The molecule has 2 amide bonds. The number of aromatic nitrogens is 1. The second-order valence-electron chi connectivity index (χ2n) is 7.14. The van der Waals surface area contributed by atoms with E-state index in [1.807, 2.05) is 4.90 Å². The lowest BCUT2D eigenvalue weighted by Gasteiger charge is -2.42. The maximum Gasteiger partial charge on any atom is 0.273 e. The lowest BCUT2D eigenvalue weighted by Crippen LogP contribution is -2.55. The third-order valence-corrected chi connectivity index (χ3v) is 5.84. The molecule has 2 aliphatic rings. The highest BCUT2D eigenvalue weighted by atomic mass is 32.1. The molecule has 2 aromatic rings. The molecule has 4 rings (SSSR count). The zero-order valence-corrected chi connectivity index (χ0v) is 16.6. The van der Waals surface area contributed by atoms with E-state index in [-0.39, 0.29) is 43.0 Å². The highest BCUT2D eigenvalue weighted by Gasteiger charge is 2.35. The molecule has 7 nitrogen and oxygen atoms in total. The molecule has 3 heterocycles. The Morgan fingerprint density at radius 3 is 2.72 bits per heavy atom. The highest BCUT2D eigenvalue weighted by Crippen LogP contribution is 2.22. The molecule has 2 aliphatic heterocycles. The van der Waals surface area contributed by atoms with Crippen molar-refractivity contribution in [2.45, 2.75) is 25.0 Å². The van der Waals surface area contributed by atoms with Crippen LogP contribution in [0.25, 0.3) is 0 Å². The molecular weight excluding hydrogens is 397 g/mol. The molecule has 1 unspecified atom stereocenters. The van der Waals surface area contributed by atoms with Crippen LogP contribution in [-0.4, -0.2) is 71.6 Å². The minimum atomic E-state index is -0.317. The summed E-state index contributed by atoms with van der Waals surface area (Å²) < 4.78 is 24.3. The summed E-state index contributed by atoms with van der Waals surface area (Å²) >= 11 is 1.40. The summed E-state index contributed by atoms with van der Waals surface area (Å²) in [4.78, 5) is 32.5. The van der Waals surface area contributed by atoms with Crippen molar-refractivity contribution in [3.05, 3.63) is 46.7 Å². The van der Waals surface area contributed by atoms with Gasteiger partial charge in [-0.15, -0.1) is 11.3 Å². The van der Waals surface area contributed by atoms with Crippen LogP contribution in [0.15, 0.2) is 35.2 Å². The van der Waals surface area contributed by atoms with Crippen LogP contribution in [0.1, 0.15) is 23.3 Å². The summed E-state index contributed by atoms with van der Waals surface area (Å²) in [5.74, 6) is 0.158. The summed E-state index contributed by atoms with van der Waals surface area (Å²) in [6, 6.07) is 5.90. The Labute approximate surface area is 172 Å². The van der Waals surface area contributed by atoms with Gasteiger partial charge < -0.3 is 19.3 Å². The van der Waals surface area contributed by atoms with Crippen molar-refractivity contribution in [3.63, 3.8) is 0 Å². The summed E-state index contributed by atoms with van der Waals surface area (Å²) in [5, 5.41) is 1.76. The van der Waals surface area contributed by atoms with Gasteiger partial charge in [0.05, 0.1) is 12.1 Å². The molecular formula is C20H22FN3O4S. The van der Waals surface area contributed by atoms with Crippen LogP contribution < -0.4 is 4.74 Å². The van der Waals surface area contributed by atoms with Crippen molar-refractivity contribution in [1.82, 2.24) is 14.8 Å². The molecule has 1 atom stereocenters. The first-order valence-corrected chi connectivity index (χ1v) is 10.5. The van der Waals surface area contributed by atoms with Crippen molar-refractivity contribution < 1.29 is 23.5 Å². The predicted octanol–water partition coefficient (Wildman–Crippen LogP) is 2.19. The van der Waals surface area contributed by atoms with Gasteiger partial charge in [-0.05, 0) is 37.1 Å². The van der Waals surface area contributed by atoms with Crippen LogP contribution in [0.4, 0.5) is 4.39 Å². The van der Waals surface area contributed by atoms with Crippen molar-refractivity contribution in [2.75, 3.05) is 32.8 Å². The zero-order valence-electron chi connectivity index (χ0n) is 15.8. The zero-order chi connectivity index (χ0) is 20.2. The fraction of sp³-hybridized carbons (Fsp3) is 0.450. The van der Waals surface area contributed by atoms with Crippen molar-refractivity contribution in [2.24, 2.45) is 0 Å². The minimum absolute atomic E-state index is 0.0232. The molecule has 0 spiro atoms. The molecule has 0 N–H and O–H groups in total.